The first-order valence-electron chi connectivity index (χ1n) is 9.17. The Balaban J connectivity index is 1.74. The lowest BCUT2D eigenvalue weighted by atomic mass is 10.1. The summed E-state index contributed by atoms with van der Waals surface area (Å²) in [6, 6.07) is 7.74. The molecule has 1 aromatic rings. The molecule has 1 aliphatic rings. The van der Waals surface area contributed by atoms with E-state index in [0.717, 1.165) is 44.0 Å². The Kier molecular flexibility index (Phi) is 7.95. The number of amides is 1. The van der Waals surface area contributed by atoms with Crippen molar-refractivity contribution in [2.45, 2.75) is 13.8 Å². The van der Waals surface area contributed by atoms with Crippen LogP contribution < -0.4 is 10.1 Å². The number of para-hydroxylation sites is 1. The third kappa shape index (κ3) is 6.88. The van der Waals surface area contributed by atoms with E-state index in [0.29, 0.717) is 19.1 Å². The number of benzene rings is 1. The fourth-order valence-electron chi connectivity index (χ4n) is 2.94. The van der Waals surface area contributed by atoms with Crippen LogP contribution in [0.2, 0.25) is 0 Å². The normalized spacial score (nSPS) is 17.6. The highest BCUT2D eigenvalue weighted by Crippen LogP contribution is 2.19. The highest BCUT2D eigenvalue weighted by molar-refractivity contribution is 5.92. The molecule has 0 saturated carbocycles. The molecule has 138 valence electrons. The molecule has 0 aliphatic carbocycles. The van der Waals surface area contributed by atoms with Gasteiger partial charge >= 0.3 is 0 Å². The smallest absolute Gasteiger partial charge is 0.244 e. The van der Waals surface area contributed by atoms with Gasteiger partial charge in [0.15, 0.2) is 0 Å². The molecule has 1 atom stereocenters. The van der Waals surface area contributed by atoms with Crippen LogP contribution in [0.5, 0.6) is 5.75 Å². The Morgan fingerprint density at radius 1 is 1.28 bits per heavy atom. The van der Waals surface area contributed by atoms with Crippen LogP contribution in [-0.4, -0.2) is 68.6 Å². The molecule has 0 aromatic heterocycles. The fraction of sp³-hybridized carbons (Fsp3) is 0.550. The minimum Gasteiger partial charge on any atom is -0.493 e. The van der Waals surface area contributed by atoms with Crippen molar-refractivity contribution in [3.63, 3.8) is 0 Å². The maximum absolute atomic E-state index is 12.1. The van der Waals surface area contributed by atoms with E-state index in [1.807, 2.05) is 37.3 Å². The van der Waals surface area contributed by atoms with Crippen LogP contribution in [0, 0.1) is 5.92 Å². The van der Waals surface area contributed by atoms with Gasteiger partial charge in [0, 0.05) is 50.9 Å². The molecule has 2 rings (SSSR count). The molecule has 0 bridgehead atoms. The SMILES string of the molecule is CCOc1ccccc1C=CC(=O)NCC(C)CN1CCN(C)CC1. The molecule has 5 heteroatoms. The lowest BCUT2D eigenvalue weighted by molar-refractivity contribution is -0.116. The molecule has 1 fully saturated rings. The number of carbonyl (C=O) groups is 1. The molecular formula is C20H31N3O2. The summed E-state index contributed by atoms with van der Waals surface area (Å²) in [5.74, 6) is 1.19. The average Bonchev–Trinajstić information content (AvgIpc) is 2.61. The van der Waals surface area contributed by atoms with Crippen LogP contribution >= 0.6 is 0 Å². The molecular weight excluding hydrogens is 314 g/mol. The van der Waals surface area contributed by atoms with Crippen LogP contribution in [0.15, 0.2) is 30.3 Å². The summed E-state index contributed by atoms with van der Waals surface area (Å²) in [6.07, 6.45) is 3.39. The van der Waals surface area contributed by atoms with Crippen molar-refractivity contribution in [3.8, 4) is 5.75 Å². The molecule has 1 heterocycles. The quantitative estimate of drug-likeness (QED) is 0.733. The molecule has 1 amide bonds. The molecule has 5 nitrogen and oxygen atoms in total. The van der Waals surface area contributed by atoms with Crippen LogP contribution in [-0.2, 0) is 4.79 Å². The minimum atomic E-state index is -0.0588. The zero-order valence-corrected chi connectivity index (χ0v) is 15.7. The molecule has 0 radical (unpaired) electrons. The zero-order valence-electron chi connectivity index (χ0n) is 15.7. The predicted octanol–water partition coefficient (Wildman–Crippen LogP) is 2.10. The second-order valence-corrected chi connectivity index (χ2v) is 6.76. The molecule has 1 aliphatic heterocycles. The number of piperazine rings is 1. The monoisotopic (exact) mass is 345 g/mol. The predicted molar refractivity (Wildman–Crippen MR) is 103 cm³/mol. The van der Waals surface area contributed by atoms with Gasteiger partial charge in [0.25, 0.3) is 0 Å². The van der Waals surface area contributed by atoms with Crippen molar-refractivity contribution in [1.29, 1.82) is 0 Å². The largest absolute Gasteiger partial charge is 0.493 e. The molecule has 1 unspecified atom stereocenters. The van der Waals surface area contributed by atoms with Crippen molar-refractivity contribution < 1.29 is 9.53 Å². The minimum absolute atomic E-state index is 0.0588. The number of nitrogens with one attached hydrogen (secondary N) is 1. The second-order valence-electron chi connectivity index (χ2n) is 6.76. The Labute approximate surface area is 151 Å². The van der Waals surface area contributed by atoms with Crippen molar-refractivity contribution >= 4 is 12.0 Å². The topological polar surface area (TPSA) is 44.8 Å². The van der Waals surface area contributed by atoms with E-state index < -0.39 is 0 Å². The summed E-state index contributed by atoms with van der Waals surface area (Å²) in [5.41, 5.74) is 0.921. The zero-order chi connectivity index (χ0) is 18.1. The number of ether oxygens (including phenoxy) is 1. The standard InChI is InChI=1S/C20H31N3O2/c1-4-25-19-8-6-5-7-18(19)9-10-20(24)21-15-17(2)16-23-13-11-22(3)12-14-23/h5-10,17H,4,11-16H2,1-3H3,(H,21,24). The molecule has 1 aromatic carbocycles. The van der Waals surface area contributed by atoms with Crippen LogP contribution in [0.3, 0.4) is 0 Å². The third-order valence-corrected chi connectivity index (χ3v) is 4.42. The van der Waals surface area contributed by atoms with Gasteiger partial charge in [-0.3, -0.25) is 4.79 Å². The Morgan fingerprint density at radius 2 is 2.00 bits per heavy atom. The summed E-state index contributed by atoms with van der Waals surface area (Å²) < 4.78 is 5.57. The Bertz CT molecular complexity index is 566. The van der Waals surface area contributed by atoms with Crippen LogP contribution in [0.25, 0.3) is 6.08 Å². The molecule has 0 spiro atoms. The second kappa shape index (κ2) is 10.2. The average molecular weight is 345 g/mol. The highest BCUT2D eigenvalue weighted by atomic mass is 16.5. The maximum Gasteiger partial charge on any atom is 0.244 e. The molecule has 25 heavy (non-hydrogen) atoms. The number of hydrogen-bond donors (Lipinski definition) is 1. The van der Waals surface area contributed by atoms with E-state index in [2.05, 4.69) is 29.1 Å². The van der Waals surface area contributed by atoms with E-state index in [9.17, 15) is 4.79 Å². The van der Waals surface area contributed by atoms with Gasteiger partial charge in [-0.15, -0.1) is 0 Å². The first-order chi connectivity index (χ1) is 12.1. The maximum atomic E-state index is 12.1. The summed E-state index contributed by atoms with van der Waals surface area (Å²) in [7, 11) is 2.16. The number of likely N-dealkylation sites (N-methyl/N-ethyl adjacent to an activating group) is 1. The van der Waals surface area contributed by atoms with E-state index in [-0.39, 0.29) is 5.91 Å². The number of carbonyl (C=O) groups excluding carboxylic acids is 1. The van der Waals surface area contributed by atoms with Crippen molar-refractivity contribution in [2.24, 2.45) is 5.92 Å². The number of hydrogen-bond acceptors (Lipinski definition) is 4. The van der Waals surface area contributed by atoms with Crippen molar-refractivity contribution in [1.82, 2.24) is 15.1 Å². The van der Waals surface area contributed by atoms with E-state index in [1.165, 1.54) is 0 Å². The Hall–Kier alpha value is -1.85. The van der Waals surface area contributed by atoms with Crippen molar-refractivity contribution in [3.05, 3.63) is 35.9 Å². The van der Waals surface area contributed by atoms with Gasteiger partial charge in [-0.2, -0.15) is 0 Å². The summed E-state index contributed by atoms with van der Waals surface area (Å²) >= 11 is 0. The van der Waals surface area contributed by atoms with E-state index in [4.69, 9.17) is 4.74 Å². The van der Waals surface area contributed by atoms with Gasteiger partial charge < -0.3 is 19.9 Å². The van der Waals surface area contributed by atoms with Gasteiger partial charge in [0.05, 0.1) is 6.61 Å². The first-order valence-corrected chi connectivity index (χ1v) is 9.17. The van der Waals surface area contributed by atoms with Crippen LogP contribution in [0.1, 0.15) is 19.4 Å². The van der Waals surface area contributed by atoms with Crippen molar-refractivity contribution in [2.75, 3.05) is 52.9 Å². The highest BCUT2D eigenvalue weighted by Gasteiger charge is 2.16. The van der Waals surface area contributed by atoms with Gasteiger partial charge in [-0.05, 0) is 32.0 Å². The summed E-state index contributed by atoms with van der Waals surface area (Å²) in [6.45, 7) is 11.0. The third-order valence-electron chi connectivity index (χ3n) is 4.42. The van der Waals surface area contributed by atoms with Crippen LogP contribution in [0.4, 0.5) is 0 Å². The Morgan fingerprint density at radius 3 is 2.72 bits per heavy atom. The van der Waals surface area contributed by atoms with E-state index in [1.54, 1.807) is 6.08 Å². The van der Waals surface area contributed by atoms with Gasteiger partial charge in [0.1, 0.15) is 5.75 Å². The van der Waals surface area contributed by atoms with E-state index >= 15 is 0 Å². The first kappa shape index (κ1) is 19.5. The number of rotatable bonds is 8. The number of nitrogens with zero attached hydrogens (tertiary/aromatic N) is 2. The summed E-state index contributed by atoms with van der Waals surface area (Å²) in [4.78, 5) is 16.9. The molecule has 1 saturated heterocycles. The lowest BCUT2D eigenvalue weighted by Crippen LogP contribution is -2.46. The fourth-order valence-corrected chi connectivity index (χ4v) is 2.94. The van der Waals surface area contributed by atoms with Gasteiger partial charge in [-0.25, -0.2) is 0 Å². The summed E-state index contributed by atoms with van der Waals surface area (Å²) in [5, 5.41) is 3.00. The molecule has 1 N–H and O–H groups in total. The lowest BCUT2D eigenvalue weighted by Gasteiger charge is -2.33. The van der Waals surface area contributed by atoms with Gasteiger partial charge in [-0.1, -0.05) is 25.1 Å². The van der Waals surface area contributed by atoms with Gasteiger partial charge in [0.2, 0.25) is 5.91 Å².